The van der Waals surface area contributed by atoms with Crippen molar-refractivity contribution in [2.24, 2.45) is 0 Å². The quantitative estimate of drug-likeness (QED) is 0.501. The summed E-state index contributed by atoms with van der Waals surface area (Å²) in [5, 5.41) is 4.16. The van der Waals surface area contributed by atoms with Gasteiger partial charge in [-0.25, -0.2) is 13.4 Å². The number of hydrazine groups is 1. The van der Waals surface area contributed by atoms with Crippen LogP contribution in [0.3, 0.4) is 0 Å². The Morgan fingerprint density at radius 2 is 1.81 bits per heavy atom. The number of aromatic amines is 1. The van der Waals surface area contributed by atoms with Gasteiger partial charge >= 0.3 is 6.18 Å². The number of hydrogen-bond donors (Lipinski definition) is 2. The molecule has 0 atom stereocenters. The fraction of sp³-hybridized carbons (Fsp3) is 0.333. The van der Waals surface area contributed by atoms with E-state index < -0.39 is 33.1 Å². The number of nitrogens with zero attached hydrogens (tertiary/aromatic N) is 2. The smallest absolute Gasteiger partial charge is 0.360 e. The molecule has 36 heavy (non-hydrogen) atoms. The highest BCUT2D eigenvalue weighted by Crippen LogP contribution is 2.37. The van der Waals surface area contributed by atoms with Crippen molar-refractivity contribution in [1.82, 2.24) is 9.99 Å². The van der Waals surface area contributed by atoms with Crippen molar-refractivity contribution in [2.45, 2.75) is 32.4 Å². The Morgan fingerprint density at radius 3 is 2.47 bits per heavy atom. The van der Waals surface area contributed by atoms with E-state index in [1.54, 1.807) is 23.2 Å². The average molecular weight is 523 g/mol. The van der Waals surface area contributed by atoms with Crippen LogP contribution in [0, 0.1) is 0 Å². The van der Waals surface area contributed by atoms with Crippen LogP contribution in [0.2, 0.25) is 0 Å². The first kappa shape index (κ1) is 25.7. The number of para-hydroxylation sites is 1. The van der Waals surface area contributed by atoms with Crippen LogP contribution in [-0.4, -0.2) is 43.2 Å². The lowest BCUT2D eigenvalue weighted by Gasteiger charge is -2.38. The van der Waals surface area contributed by atoms with Gasteiger partial charge in [0.2, 0.25) is 15.5 Å². The molecule has 1 aromatic heterocycles. The average Bonchev–Trinajstić information content (AvgIpc) is 2.85. The van der Waals surface area contributed by atoms with Gasteiger partial charge in [-0.15, -0.1) is 0 Å². The molecule has 0 bridgehead atoms. The van der Waals surface area contributed by atoms with Crippen LogP contribution in [-0.2, 0) is 16.2 Å². The Hall–Kier alpha value is -3.38. The van der Waals surface area contributed by atoms with E-state index in [0.29, 0.717) is 37.5 Å². The number of halogens is 3. The molecule has 0 saturated carbocycles. The van der Waals surface area contributed by atoms with Gasteiger partial charge in [0.05, 0.1) is 22.7 Å². The highest BCUT2D eigenvalue weighted by atomic mass is 32.2. The zero-order valence-electron chi connectivity index (χ0n) is 19.4. The summed E-state index contributed by atoms with van der Waals surface area (Å²) in [6.45, 7) is 2.21. The Morgan fingerprint density at radius 1 is 1.11 bits per heavy atom. The number of anilines is 2. The molecular weight excluding hydrogens is 497 g/mol. The number of aromatic nitrogens is 1. The number of pyridine rings is 1. The molecule has 2 N–H and O–H groups in total. The second-order valence-electron chi connectivity index (χ2n) is 8.42. The Bertz CT molecular complexity index is 1450. The van der Waals surface area contributed by atoms with Crippen LogP contribution in [0.25, 0.3) is 10.9 Å². The first-order valence-electron chi connectivity index (χ1n) is 11.4. The molecule has 3 aromatic rings. The fourth-order valence-corrected chi connectivity index (χ4v) is 5.38. The summed E-state index contributed by atoms with van der Waals surface area (Å²) < 4.78 is 67.8. The standard InChI is InChI=1S/C24H25F3N4O4S/c1-2-36(34,35)31(30-12-6-3-7-13-30)21-11-10-16(24(25,26)27)14-20(21)29-23(33)18-15-28-19-9-5-4-8-17(19)22(18)32/h4-5,8-11,14-15H,2-3,6-7,12-13H2,1H3,(H,28,32)(H,29,33). The maximum atomic E-state index is 13.5. The molecule has 192 valence electrons. The van der Waals surface area contributed by atoms with E-state index in [-0.39, 0.29) is 28.1 Å². The molecule has 1 aliphatic rings. The van der Waals surface area contributed by atoms with Gasteiger partial charge < -0.3 is 10.3 Å². The second kappa shape index (κ2) is 9.94. The molecular formula is C24H25F3N4O4S. The monoisotopic (exact) mass is 522 g/mol. The molecule has 0 spiro atoms. The predicted molar refractivity (Wildman–Crippen MR) is 131 cm³/mol. The largest absolute Gasteiger partial charge is 0.416 e. The van der Waals surface area contributed by atoms with Gasteiger partial charge in [-0.1, -0.05) is 18.6 Å². The zero-order valence-corrected chi connectivity index (χ0v) is 20.2. The lowest BCUT2D eigenvalue weighted by molar-refractivity contribution is -0.137. The number of hydrogen-bond acceptors (Lipinski definition) is 5. The third kappa shape index (κ3) is 5.09. The highest BCUT2D eigenvalue weighted by Gasteiger charge is 2.35. The highest BCUT2D eigenvalue weighted by molar-refractivity contribution is 7.92. The molecule has 1 amide bonds. The molecule has 1 saturated heterocycles. The third-order valence-electron chi connectivity index (χ3n) is 6.03. The van der Waals surface area contributed by atoms with Crippen molar-refractivity contribution in [3.63, 3.8) is 0 Å². The number of carbonyl (C=O) groups is 1. The lowest BCUT2D eigenvalue weighted by Crippen LogP contribution is -2.50. The number of alkyl halides is 3. The lowest BCUT2D eigenvalue weighted by atomic mass is 10.1. The van der Waals surface area contributed by atoms with Crippen LogP contribution in [0.5, 0.6) is 0 Å². The van der Waals surface area contributed by atoms with E-state index >= 15 is 0 Å². The molecule has 1 fully saturated rings. The van der Waals surface area contributed by atoms with Crippen LogP contribution >= 0.6 is 0 Å². The van der Waals surface area contributed by atoms with Gasteiger partial charge in [-0.05, 0) is 50.1 Å². The van der Waals surface area contributed by atoms with Gasteiger partial charge in [0.25, 0.3) is 5.91 Å². The van der Waals surface area contributed by atoms with Crippen LogP contribution < -0.4 is 15.2 Å². The van der Waals surface area contributed by atoms with Gasteiger partial charge in [0, 0.05) is 30.2 Å². The van der Waals surface area contributed by atoms with Crippen molar-refractivity contribution < 1.29 is 26.4 Å². The van der Waals surface area contributed by atoms with Crippen molar-refractivity contribution >= 4 is 38.2 Å². The Labute approximate surface area is 205 Å². The second-order valence-corrected chi connectivity index (χ2v) is 10.5. The number of piperidine rings is 1. The normalized spacial score (nSPS) is 15.1. The van der Waals surface area contributed by atoms with Crippen molar-refractivity contribution in [1.29, 1.82) is 0 Å². The molecule has 0 unspecified atom stereocenters. The van der Waals surface area contributed by atoms with Crippen molar-refractivity contribution in [3.8, 4) is 0 Å². The Balaban J connectivity index is 1.83. The Kier molecular flexibility index (Phi) is 7.10. The van der Waals surface area contributed by atoms with Crippen LogP contribution in [0.4, 0.5) is 24.5 Å². The summed E-state index contributed by atoms with van der Waals surface area (Å²) in [6, 6.07) is 8.99. The third-order valence-corrected chi connectivity index (χ3v) is 7.71. The molecule has 0 aliphatic carbocycles. The first-order valence-corrected chi connectivity index (χ1v) is 13.0. The predicted octanol–water partition coefficient (Wildman–Crippen LogP) is 4.36. The van der Waals surface area contributed by atoms with Gasteiger partial charge in [0.1, 0.15) is 5.56 Å². The first-order chi connectivity index (χ1) is 17.0. The molecule has 12 heteroatoms. The number of nitrogens with one attached hydrogen (secondary N) is 2. The summed E-state index contributed by atoms with van der Waals surface area (Å²) >= 11 is 0. The van der Waals surface area contributed by atoms with E-state index in [9.17, 15) is 31.2 Å². The number of benzene rings is 2. The van der Waals surface area contributed by atoms with E-state index in [0.717, 1.165) is 23.0 Å². The van der Waals surface area contributed by atoms with Crippen LogP contribution in [0.1, 0.15) is 42.1 Å². The number of amides is 1. The maximum absolute atomic E-state index is 13.5. The molecule has 1 aliphatic heterocycles. The van der Waals surface area contributed by atoms with Crippen molar-refractivity contribution in [2.75, 3.05) is 28.6 Å². The number of sulfonamides is 1. The van der Waals surface area contributed by atoms with Crippen LogP contribution in [0.15, 0.2) is 53.5 Å². The summed E-state index contributed by atoms with van der Waals surface area (Å²) in [4.78, 5) is 28.8. The fourth-order valence-electron chi connectivity index (χ4n) is 4.16. The van der Waals surface area contributed by atoms with Gasteiger partial charge in [0.15, 0.2) is 0 Å². The summed E-state index contributed by atoms with van der Waals surface area (Å²) in [7, 11) is -3.96. The van der Waals surface area contributed by atoms with E-state index in [4.69, 9.17) is 0 Å². The number of rotatable bonds is 6. The maximum Gasteiger partial charge on any atom is 0.416 e. The van der Waals surface area contributed by atoms with E-state index in [1.165, 1.54) is 19.2 Å². The minimum atomic E-state index is -4.74. The minimum absolute atomic E-state index is 0.127. The molecule has 2 aromatic carbocycles. The summed E-state index contributed by atoms with van der Waals surface area (Å²) in [6.07, 6.45) is -1.23. The molecule has 0 radical (unpaired) electrons. The van der Waals surface area contributed by atoms with E-state index in [2.05, 4.69) is 10.3 Å². The van der Waals surface area contributed by atoms with Crippen molar-refractivity contribution in [3.05, 3.63) is 70.0 Å². The zero-order chi connectivity index (χ0) is 26.1. The van der Waals surface area contributed by atoms with Gasteiger partial charge in [-0.2, -0.15) is 17.6 Å². The summed E-state index contributed by atoms with van der Waals surface area (Å²) in [5.41, 5.74) is -2.00. The molecule has 2 heterocycles. The summed E-state index contributed by atoms with van der Waals surface area (Å²) in [5.74, 6) is -1.27. The number of H-pyrrole nitrogens is 1. The molecule has 8 nitrogen and oxygen atoms in total. The molecule has 4 rings (SSSR count). The minimum Gasteiger partial charge on any atom is -0.360 e. The number of carbonyl (C=O) groups excluding carboxylic acids is 1. The van der Waals surface area contributed by atoms with Gasteiger partial charge in [-0.3, -0.25) is 9.59 Å². The van der Waals surface area contributed by atoms with E-state index in [1.807, 2.05) is 0 Å². The topological polar surface area (TPSA) is 103 Å². The SMILES string of the molecule is CCS(=O)(=O)N(c1ccc(C(F)(F)F)cc1NC(=O)c1c[nH]c2ccccc2c1=O)N1CCCCC1. The number of fused-ring (bicyclic) bond motifs is 1.